The van der Waals surface area contributed by atoms with Crippen molar-refractivity contribution in [1.82, 2.24) is 4.90 Å². The van der Waals surface area contributed by atoms with Gasteiger partial charge in [0.2, 0.25) is 11.2 Å². The molecule has 0 fully saturated rings. The van der Waals surface area contributed by atoms with Crippen molar-refractivity contribution < 1.29 is 28.3 Å². The summed E-state index contributed by atoms with van der Waals surface area (Å²) in [4.78, 5) is 52.3. The molecule has 4 aromatic rings. The van der Waals surface area contributed by atoms with E-state index in [0.717, 1.165) is 5.56 Å². The van der Waals surface area contributed by atoms with Crippen molar-refractivity contribution >= 4 is 28.8 Å². The molecule has 2 heterocycles. The van der Waals surface area contributed by atoms with Crippen LogP contribution in [-0.4, -0.2) is 28.7 Å². The van der Waals surface area contributed by atoms with Crippen LogP contribution < -0.4 is 14.9 Å². The first-order valence-electron chi connectivity index (χ1n) is 11.8. The van der Waals surface area contributed by atoms with Crippen molar-refractivity contribution in [3.8, 4) is 17.2 Å². The first-order valence-corrected chi connectivity index (χ1v) is 11.8. The summed E-state index contributed by atoms with van der Waals surface area (Å²) in [6.45, 7) is 5.64. The van der Waals surface area contributed by atoms with Crippen molar-refractivity contribution in [3.63, 3.8) is 0 Å². The lowest BCUT2D eigenvalue weighted by Crippen LogP contribution is -2.37. The van der Waals surface area contributed by atoms with Gasteiger partial charge in [0.1, 0.15) is 23.3 Å². The lowest BCUT2D eigenvalue weighted by atomic mass is 10.1. The first-order chi connectivity index (χ1) is 17.8. The maximum absolute atomic E-state index is 12.9. The zero-order chi connectivity index (χ0) is 26.3. The molecular weight excluding hydrogens is 474 g/mol. The molecule has 8 heteroatoms. The van der Waals surface area contributed by atoms with E-state index in [-0.39, 0.29) is 56.5 Å². The molecule has 0 saturated heterocycles. The van der Waals surface area contributed by atoms with Crippen LogP contribution in [0.4, 0.5) is 0 Å². The largest absolute Gasteiger partial charge is 0.460 e. The monoisotopic (exact) mass is 497 g/mol. The van der Waals surface area contributed by atoms with Gasteiger partial charge in [0.05, 0.1) is 22.1 Å². The van der Waals surface area contributed by atoms with Crippen LogP contribution in [0, 0.1) is 6.92 Å². The molecule has 1 aliphatic heterocycles. The third-order valence-electron chi connectivity index (χ3n) is 6.36. The number of esters is 1. The van der Waals surface area contributed by atoms with Gasteiger partial charge in [0.15, 0.2) is 0 Å². The molecule has 5 rings (SSSR count). The Morgan fingerprint density at radius 3 is 2.35 bits per heavy atom. The van der Waals surface area contributed by atoms with Gasteiger partial charge < -0.3 is 13.9 Å². The van der Waals surface area contributed by atoms with Crippen LogP contribution in [0.5, 0.6) is 17.2 Å². The lowest BCUT2D eigenvalue weighted by molar-refractivity contribution is 0.0593. The normalized spacial score (nSPS) is 13.5. The zero-order valence-electron chi connectivity index (χ0n) is 20.4. The topological polar surface area (TPSA) is 103 Å². The number of ether oxygens (including phenoxy) is 2. The fourth-order valence-electron chi connectivity index (χ4n) is 4.09. The minimum absolute atomic E-state index is 0.0323. The summed E-state index contributed by atoms with van der Waals surface area (Å²) >= 11 is 0. The highest BCUT2D eigenvalue weighted by atomic mass is 16.5. The number of carbonyl (C=O) groups excluding carboxylic acids is 3. The molecule has 186 valence electrons. The Morgan fingerprint density at radius 2 is 1.62 bits per heavy atom. The fourth-order valence-corrected chi connectivity index (χ4v) is 4.09. The summed E-state index contributed by atoms with van der Waals surface area (Å²) in [5.41, 5.74) is 1.46. The summed E-state index contributed by atoms with van der Waals surface area (Å²) in [5, 5.41) is 0.260. The first kappa shape index (κ1) is 24.0. The van der Waals surface area contributed by atoms with Crippen LogP contribution in [0.15, 0.2) is 76.1 Å². The zero-order valence-corrected chi connectivity index (χ0v) is 20.4. The number of fused-ring (bicyclic) bond motifs is 2. The van der Waals surface area contributed by atoms with Gasteiger partial charge in [-0.1, -0.05) is 24.6 Å². The molecule has 37 heavy (non-hydrogen) atoms. The smallest absolute Gasteiger partial charge is 0.343 e. The third kappa shape index (κ3) is 4.38. The molecule has 1 aliphatic rings. The van der Waals surface area contributed by atoms with Gasteiger partial charge in [-0.2, -0.15) is 0 Å². The number of nitrogens with zero attached hydrogens (tertiary/aromatic N) is 1. The SMILES string of the molecule is CCC(C)N1C(=O)c2ccc(C(=O)Oc3ccc4c(=O)c(Oc5ccc(C)cc5)coc4c3)cc2C1=O. The molecule has 2 amide bonds. The minimum Gasteiger partial charge on any atom is -0.460 e. The van der Waals surface area contributed by atoms with E-state index in [1.165, 1.54) is 47.6 Å². The second-order valence-electron chi connectivity index (χ2n) is 8.89. The van der Waals surface area contributed by atoms with E-state index < -0.39 is 11.9 Å². The van der Waals surface area contributed by atoms with Gasteiger partial charge in [0, 0.05) is 12.1 Å². The number of hydrogen-bond donors (Lipinski definition) is 0. The molecule has 0 N–H and O–H groups in total. The lowest BCUT2D eigenvalue weighted by Gasteiger charge is -2.20. The molecule has 0 spiro atoms. The average Bonchev–Trinajstić information content (AvgIpc) is 3.15. The number of imide groups is 1. The summed E-state index contributed by atoms with van der Waals surface area (Å²) in [6, 6.07) is 15.7. The van der Waals surface area contributed by atoms with Gasteiger partial charge in [-0.05, 0) is 62.7 Å². The number of amides is 2. The van der Waals surface area contributed by atoms with Crippen LogP contribution in [0.2, 0.25) is 0 Å². The quantitative estimate of drug-likeness (QED) is 0.197. The van der Waals surface area contributed by atoms with Crippen molar-refractivity contribution in [2.24, 2.45) is 0 Å². The minimum atomic E-state index is -0.717. The molecule has 1 unspecified atom stereocenters. The van der Waals surface area contributed by atoms with Crippen molar-refractivity contribution in [3.05, 3.63) is 99.4 Å². The van der Waals surface area contributed by atoms with Gasteiger partial charge in [-0.3, -0.25) is 19.3 Å². The summed E-state index contributed by atoms with van der Waals surface area (Å²) in [5.74, 6) is -0.831. The van der Waals surface area contributed by atoms with Crippen LogP contribution in [0.3, 0.4) is 0 Å². The number of benzene rings is 3. The molecule has 8 nitrogen and oxygen atoms in total. The number of hydrogen-bond acceptors (Lipinski definition) is 7. The number of rotatable bonds is 6. The van der Waals surface area contributed by atoms with Crippen molar-refractivity contribution in [1.29, 1.82) is 0 Å². The molecule has 0 bridgehead atoms. The highest BCUT2D eigenvalue weighted by Gasteiger charge is 2.38. The van der Waals surface area contributed by atoms with Gasteiger partial charge >= 0.3 is 5.97 Å². The standard InChI is InChI=1S/C29H23NO7/c1-4-17(3)30-27(32)21-11-7-18(13-23(21)28(30)33)29(34)37-20-10-12-22-24(14-20)35-15-25(26(22)31)36-19-8-5-16(2)6-9-19/h5-15,17H,4H2,1-3H3. The molecule has 0 saturated carbocycles. The van der Waals surface area contributed by atoms with Crippen molar-refractivity contribution in [2.75, 3.05) is 0 Å². The highest BCUT2D eigenvalue weighted by molar-refractivity contribution is 6.22. The Morgan fingerprint density at radius 1 is 0.919 bits per heavy atom. The Labute approximate surface area is 212 Å². The van der Waals surface area contributed by atoms with Crippen LogP contribution in [-0.2, 0) is 0 Å². The molecule has 0 aliphatic carbocycles. The Kier molecular flexibility index (Phi) is 6.09. The van der Waals surface area contributed by atoms with Crippen LogP contribution in [0.25, 0.3) is 11.0 Å². The van der Waals surface area contributed by atoms with E-state index in [9.17, 15) is 19.2 Å². The van der Waals surface area contributed by atoms with E-state index in [1.54, 1.807) is 19.1 Å². The van der Waals surface area contributed by atoms with Crippen LogP contribution in [0.1, 0.15) is 56.9 Å². The second kappa shape index (κ2) is 9.39. The molecule has 0 radical (unpaired) electrons. The third-order valence-corrected chi connectivity index (χ3v) is 6.36. The molecule has 1 aromatic heterocycles. The van der Waals surface area contributed by atoms with E-state index in [4.69, 9.17) is 13.9 Å². The van der Waals surface area contributed by atoms with Gasteiger partial charge in [-0.15, -0.1) is 0 Å². The predicted octanol–water partition coefficient (Wildman–Crippen LogP) is 5.51. The number of carbonyl (C=O) groups is 3. The molecule has 3 aromatic carbocycles. The molecular formula is C29H23NO7. The Hall–Kier alpha value is -4.72. The summed E-state index contributed by atoms with van der Waals surface area (Å²) in [6.07, 6.45) is 1.83. The average molecular weight is 498 g/mol. The molecule has 1 atom stereocenters. The summed E-state index contributed by atoms with van der Waals surface area (Å²) in [7, 11) is 0. The van der Waals surface area contributed by atoms with Crippen molar-refractivity contribution in [2.45, 2.75) is 33.2 Å². The van der Waals surface area contributed by atoms with E-state index in [2.05, 4.69) is 0 Å². The van der Waals surface area contributed by atoms with Crippen LogP contribution >= 0.6 is 0 Å². The number of aryl methyl sites for hydroxylation is 1. The Bertz CT molecular complexity index is 1620. The highest BCUT2D eigenvalue weighted by Crippen LogP contribution is 2.28. The second-order valence-corrected chi connectivity index (χ2v) is 8.89. The van der Waals surface area contributed by atoms with Gasteiger partial charge in [-0.25, -0.2) is 4.79 Å². The predicted molar refractivity (Wildman–Crippen MR) is 135 cm³/mol. The maximum Gasteiger partial charge on any atom is 0.343 e. The fraction of sp³-hybridized carbons (Fsp3) is 0.172. The van der Waals surface area contributed by atoms with E-state index >= 15 is 0 Å². The van der Waals surface area contributed by atoms with E-state index in [1.807, 2.05) is 26.0 Å². The maximum atomic E-state index is 12.9. The van der Waals surface area contributed by atoms with Gasteiger partial charge in [0.25, 0.3) is 11.8 Å². The summed E-state index contributed by atoms with van der Waals surface area (Å²) < 4.78 is 16.7. The van der Waals surface area contributed by atoms with E-state index in [0.29, 0.717) is 12.2 Å². The Balaban J connectivity index is 1.36.